The van der Waals surface area contributed by atoms with Crippen LogP contribution in [0.4, 0.5) is 0 Å². The van der Waals surface area contributed by atoms with Crippen LogP contribution in [-0.4, -0.2) is 25.7 Å². The van der Waals surface area contributed by atoms with Gasteiger partial charge in [-0.25, -0.2) is 13.1 Å². The van der Waals surface area contributed by atoms with Gasteiger partial charge >= 0.3 is 0 Å². The Hall–Kier alpha value is 0.670. The standard InChI is InChI=1S/C10H14BrCl2NO2S2/c1-3-10(5-12,6-13)14-18(15,16)8-4-7(2)9(11)17-8/h4,14H,3,5-6H2,1-2H3. The zero-order valence-corrected chi connectivity index (χ0v) is 14.7. The zero-order chi connectivity index (χ0) is 14.0. The first kappa shape index (κ1) is 16.7. The van der Waals surface area contributed by atoms with Crippen molar-refractivity contribution in [1.82, 2.24) is 4.72 Å². The van der Waals surface area contributed by atoms with E-state index in [1.807, 2.05) is 13.8 Å². The number of rotatable bonds is 6. The van der Waals surface area contributed by atoms with Crippen LogP contribution in [0.2, 0.25) is 0 Å². The Bertz CT molecular complexity index is 484. The molecule has 0 aliphatic rings. The first-order chi connectivity index (χ1) is 8.30. The SMILES string of the molecule is CCC(CCl)(CCl)NS(=O)(=O)c1cc(C)c(Br)s1. The second-order valence-electron chi connectivity index (χ2n) is 4.03. The summed E-state index contributed by atoms with van der Waals surface area (Å²) >= 11 is 16.2. The molecule has 0 aliphatic heterocycles. The van der Waals surface area contributed by atoms with Gasteiger partial charge in [-0.15, -0.1) is 34.5 Å². The molecule has 0 atom stereocenters. The topological polar surface area (TPSA) is 46.2 Å². The highest BCUT2D eigenvalue weighted by molar-refractivity contribution is 9.11. The van der Waals surface area contributed by atoms with Gasteiger partial charge in [-0.05, 0) is 40.9 Å². The maximum Gasteiger partial charge on any atom is 0.250 e. The predicted molar refractivity (Wildman–Crippen MR) is 81.5 cm³/mol. The Morgan fingerprint density at radius 2 is 2.00 bits per heavy atom. The molecule has 0 aromatic carbocycles. The van der Waals surface area contributed by atoms with Crippen molar-refractivity contribution in [2.75, 3.05) is 11.8 Å². The van der Waals surface area contributed by atoms with Gasteiger partial charge < -0.3 is 0 Å². The van der Waals surface area contributed by atoms with Crippen LogP contribution in [0, 0.1) is 6.92 Å². The fourth-order valence-corrected chi connectivity index (χ4v) is 5.90. The first-order valence-corrected chi connectivity index (χ1v) is 9.38. The highest BCUT2D eigenvalue weighted by Gasteiger charge is 2.33. The molecule has 0 unspecified atom stereocenters. The lowest BCUT2D eigenvalue weighted by Gasteiger charge is -2.28. The van der Waals surface area contributed by atoms with E-state index in [1.54, 1.807) is 6.07 Å². The molecule has 0 saturated heterocycles. The van der Waals surface area contributed by atoms with Crippen molar-refractivity contribution < 1.29 is 8.42 Å². The summed E-state index contributed by atoms with van der Waals surface area (Å²) < 4.78 is 28.2. The molecule has 1 aromatic heterocycles. The molecule has 0 saturated carbocycles. The quantitative estimate of drug-likeness (QED) is 0.747. The summed E-state index contributed by atoms with van der Waals surface area (Å²) in [4.78, 5) is 0. The van der Waals surface area contributed by atoms with Gasteiger partial charge in [-0.2, -0.15) is 0 Å². The molecule has 0 bridgehead atoms. The molecular weight excluding hydrogens is 381 g/mol. The summed E-state index contributed by atoms with van der Waals surface area (Å²) in [5, 5.41) is 0. The van der Waals surface area contributed by atoms with Gasteiger partial charge in [0, 0.05) is 11.8 Å². The summed E-state index contributed by atoms with van der Waals surface area (Å²) in [7, 11) is -3.59. The van der Waals surface area contributed by atoms with Crippen LogP contribution in [0.1, 0.15) is 18.9 Å². The van der Waals surface area contributed by atoms with E-state index in [9.17, 15) is 8.42 Å². The van der Waals surface area contributed by atoms with Crippen LogP contribution >= 0.6 is 50.5 Å². The second kappa shape index (κ2) is 6.41. The highest BCUT2D eigenvalue weighted by atomic mass is 79.9. The highest BCUT2D eigenvalue weighted by Crippen LogP contribution is 2.31. The largest absolute Gasteiger partial charge is 0.250 e. The summed E-state index contributed by atoms with van der Waals surface area (Å²) in [5.74, 6) is 0.273. The zero-order valence-electron chi connectivity index (χ0n) is 9.97. The fourth-order valence-electron chi connectivity index (χ4n) is 1.25. The van der Waals surface area contributed by atoms with E-state index < -0.39 is 15.6 Å². The number of hydrogen-bond acceptors (Lipinski definition) is 3. The Morgan fingerprint density at radius 1 is 1.44 bits per heavy atom. The average Bonchev–Trinajstić information content (AvgIpc) is 2.68. The van der Waals surface area contributed by atoms with E-state index in [0.717, 1.165) is 9.35 Å². The normalized spacial score (nSPS) is 12.9. The minimum absolute atomic E-state index is 0.137. The van der Waals surface area contributed by atoms with Gasteiger partial charge in [0.15, 0.2) is 0 Å². The van der Waals surface area contributed by atoms with Crippen LogP contribution in [0.15, 0.2) is 14.1 Å². The van der Waals surface area contributed by atoms with Gasteiger partial charge in [-0.3, -0.25) is 0 Å². The number of aryl methyl sites for hydroxylation is 1. The lowest BCUT2D eigenvalue weighted by Crippen LogP contribution is -2.51. The van der Waals surface area contributed by atoms with Crippen LogP contribution in [-0.2, 0) is 10.0 Å². The third kappa shape index (κ3) is 3.61. The van der Waals surface area contributed by atoms with Crippen molar-refractivity contribution in [3.05, 3.63) is 15.4 Å². The molecule has 18 heavy (non-hydrogen) atoms. The minimum Gasteiger partial charge on any atom is -0.206 e. The molecule has 0 fully saturated rings. The monoisotopic (exact) mass is 393 g/mol. The van der Waals surface area contributed by atoms with E-state index in [-0.39, 0.29) is 16.0 Å². The lowest BCUT2D eigenvalue weighted by molar-refractivity contribution is 0.450. The summed E-state index contributed by atoms with van der Waals surface area (Å²) in [6.45, 7) is 3.69. The summed E-state index contributed by atoms with van der Waals surface area (Å²) in [5.41, 5.74) is 0.0889. The smallest absolute Gasteiger partial charge is 0.206 e. The Kier molecular flexibility index (Phi) is 5.96. The predicted octanol–water partition coefficient (Wildman–Crippen LogP) is 3.72. The molecule has 1 aromatic rings. The fraction of sp³-hybridized carbons (Fsp3) is 0.600. The van der Waals surface area contributed by atoms with Gasteiger partial charge in [0.25, 0.3) is 10.0 Å². The molecule has 0 amide bonds. The number of hydrogen-bond donors (Lipinski definition) is 1. The third-order valence-electron chi connectivity index (χ3n) is 2.64. The van der Waals surface area contributed by atoms with Crippen molar-refractivity contribution in [1.29, 1.82) is 0 Å². The minimum atomic E-state index is -3.59. The Balaban J connectivity index is 3.08. The van der Waals surface area contributed by atoms with Crippen molar-refractivity contribution in [2.45, 2.75) is 30.0 Å². The van der Waals surface area contributed by atoms with Crippen molar-refractivity contribution in [3.63, 3.8) is 0 Å². The number of thiophene rings is 1. The van der Waals surface area contributed by atoms with Gasteiger partial charge in [-0.1, -0.05) is 6.92 Å². The first-order valence-electron chi connectivity index (χ1n) is 5.22. The maximum atomic E-state index is 12.3. The number of sulfonamides is 1. The second-order valence-corrected chi connectivity index (χ2v) is 8.84. The summed E-state index contributed by atoms with van der Waals surface area (Å²) in [6.07, 6.45) is 0.532. The summed E-state index contributed by atoms with van der Waals surface area (Å²) in [6, 6.07) is 1.62. The van der Waals surface area contributed by atoms with Crippen LogP contribution < -0.4 is 4.72 Å². The number of alkyl halides is 2. The van der Waals surface area contributed by atoms with Crippen LogP contribution in [0.5, 0.6) is 0 Å². The molecule has 1 rings (SSSR count). The molecule has 1 heterocycles. The van der Waals surface area contributed by atoms with E-state index >= 15 is 0 Å². The molecule has 1 N–H and O–H groups in total. The average molecular weight is 395 g/mol. The molecule has 0 spiro atoms. The molecular formula is C10H14BrCl2NO2S2. The Labute approximate surface area is 130 Å². The van der Waals surface area contributed by atoms with E-state index in [2.05, 4.69) is 20.7 Å². The lowest BCUT2D eigenvalue weighted by atomic mass is 10.0. The van der Waals surface area contributed by atoms with Crippen LogP contribution in [0.25, 0.3) is 0 Å². The maximum absolute atomic E-state index is 12.3. The van der Waals surface area contributed by atoms with Crippen LogP contribution in [0.3, 0.4) is 0 Å². The number of halogens is 3. The van der Waals surface area contributed by atoms with E-state index in [1.165, 1.54) is 11.3 Å². The Morgan fingerprint density at radius 3 is 2.33 bits per heavy atom. The van der Waals surface area contributed by atoms with Gasteiger partial charge in [0.2, 0.25) is 0 Å². The van der Waals surface area contributed by atoms with Gasteiger partial charge in [0.05, 0.1) is 9.33 Å². The van der Waals surface area contributed by atoms with Crippen molar-refractivity contribution >= 4 is 60.5 Å². The third-order valence-corrected chi connectivity index (χ3v) is 7.85. The van der Waals surface area contributed by atoms with E-state index in [4.69, 9.17) is 23.2 Å². The molecule has 0 radical (unpaired) electrons. The van der Waals surface area contributed by atoms with Crippen molar-refractivity contribution in [2.24, 2.45) is 0 Å². The molecule has 8 heteroatoms. The van der Waals surface area contributed by atoms with Crippen molar-refractivity contribution in [3.8, 4) is 0 Å². The van der Waals surface area contributed by atoms with E-state index in [0.29, 0.717) is 6.42 Å². The van der Waals surface area contributed by atoms with Gasteiger partial charge in [0.1, 0.15) is 4.21 Å². The molecule has 104 valence electrons. The molecule has 3 nitrogen and oxygen atoms in total. The molecule has 0 aliphatic carbocycles. The number of nitrogens with one attached hydrogen (secondary N) is 1.